The Morgan fingerprint density at radius 1 is 1.00 bits per heavy atom. The number of nitrogens with zero attached hydrogens (tertiary/aromatic N) is 8. The van der Waals surface area contributed by atoms with E-state index in [4.69, 9.17) is 4.98 Å². The highest BCUT2D eigenvalue weighted by Gasteiger charge is 2.25. The predicted octanol–water partition coefficient (Wildman–Crippen LogP) is 5.45. The van der Waals surface area contributed by atoms with Gasteiger partial charge in [0.15, 0.2) is 11.6 Å². The Hall–Kier alpha value is -3.96. The molecule has 7 rings (SSSR count). The minimum Gasteiger partial charge on any atom is -0.369 e. The Morgan fingerprint density at radius 3 is 2.59 bits per heavy atom. The summed E-state index contributed by atoms with van der Waals surface area (Å²) in [5, 5.41) is 3.14. The Bertz CT molecular complexity index is 1700. The fraction of sp³-hybridized carbons (Fsp3) is 0.455. The van der Waals surface area contributed by atoms with Crippen LogP contribution < -0.4 is 5.32 Å². The normalized spacial score (nSPS) is 18.2. The van der Waals surface area contributed by atoms with Crippen molar-refractivity contribution in [1.82, 2.24) is 39.2 Å². The third-order valence-electron chi connectivity index (χ3n) is 9.37. The molecule has 0 unspecified atom stereocenters. The first kappa shape index (κ1) is 28.8. The molecule has 5 heterocycles. The number of aromatic nitrogens is 5. The summed E-state index contributed by atoms with van der Waals surface area (Å²) in [4.78, 5) is 25.1. The molecule has 44 heavy (non-hydrogen) atoms. The lowest BCUT2D eigenvalue weighted by Gasteiger charge is -2.37. The largest absolute Gasteiger partial charge is 0.369 e. The van der Waals surface area contributed by atoms with Gasteiger partial charge >= 0.3 is 0 Å². The van der Waals surface area contributed by atoms with E-state index in [1.165, 1.54) is 11.6 Å². The molecule has 2 aliphatic heterocycles. The molecule has 11 heteroatoms. The second-order valence-electron chi connectivity index (χ2n) is 12.4. The van der Waals surface area contributed by atoms with Crippen molar-refractivity contribution in [3.63, 3.8) is 0 Å². The monoisotopic (exact) mass is 599 g/mol. The van der Waals surface area contributed by atoms with Crippen molar-refractivity contribution in [3.8, 4) is 11.3 Å². The molecule has 9 nitrogen and oxygen atoms in total. The predicted molar refractivity (Wildman–Crippen MR) is 168 cm³/mol. The van der Waals surface area contributed by atoms with Gasteiger partial charge in [0.25, 0.3) is 0 Å². The third-order valence-corrected chi connectivity index (χ3v) is 9.37. The Balaban J connectivity index is 1.08. The fourth-order valence-corrected chi connectivity index (χ4v) is 6.89. The standard InChI is InChI=1S/C33H39F2N9/c1-21(19-42-14-12-41(3)13-15-42)43-11-10-28-23(20-43)8-9-30(38-28)39-33-36-18-27(35)31(40-33)24-16-26(34)32-29(17-24)44(22(2)37-32)25-6-4-5-7-25/h8-9,16-18,25H,1,4-7,10-15,19-20H2,2-3H3,(H,36,38,39,40). The summed E-state index contributed by atoms with van der Waals surface area (Å²) in [5.74, 6) is 0.458. The molecule has 0 atom stereocenters. The van der Waals surface area contributed by atoms with Crippen molar-refractivity contribution in [2.75, 3.05) is 51.6 Å². The number of aryl methyl sites for hydroxylation is 1. The number of fused-ring (bicyclic) bond motifs is 2. The molecule has 1 saturated carbocycles. The van der Waals surface area contributed by atoms with Gasteiger partial charge in [-0.2, -0.15) is 0 Å². The number of imidazole rings is 1. The lowest BCUT2D eigenvalue weighted by molar-refractivity contribution is 0.151. The number of pyridine rings is 1. The summed E-state index contributed by atoms with van der Waals surface area (Å²) in [6, 6.07) is 7.35. The van der Waals surface area contributed by atoms with Crippen LogP contribution in [-0.2, 0) is 13.0 Å². The van der Waals surface area contributed by atoms with E-state index < -0.39 is 11.6 Å². The van der Waals surface area contributed by atoms with E-state index in [1.807, 2.05) is 13.0 Å². The molecule has 1 saturated heterocycles. The summed E-state index contributed by atoms with van der Waals surface area (Å²) >= 11 is 0. The first-order valence-corrected chi connectivity index (χ1v) is 15.6. The van der Waals surface area contributed by atoms with Gasteiger partial charge in [-0.05, 0) is 50.6 Å². The molecule has 0 radical (unpaired) electrons. The maximum atomic E-state index is 15.3. The molecule has 1 N–H and O–H groups in total. The first-order valence-electron chi connectivity index (χ1n) is 15.6. The van der Waals surface area contributed by atoms with Crippen molar-refractivity contribution in [2.45, 2.75) is 51.6 Å². The minimum absolute atomic E-state index is 0.0348. The summed E-state index contributed by atoms with van der Waals surface area (Å²) in [6.45, 7) is 13.1. The highest BCUT2D eigenvalue weighted by atomic mass is 19.1. The number of anilines is 2. The van der Waals surface area contributed by atoms with Crippen molar-refractivity contribution in [1.29, 1.82) is 0 Å². The first-order chi connectivity index (χ1) is 21.3. The van der Waals surface area contributed by atoms with E-state index in [-0.39, 0.29) is 17.7 Å². The van der Waals surface area contributed by atoms with Gasteiger partial charge in [-0.25, -0.2) is 28.7 Å². The summed E-state index contributed by atoms with van der Waals surface area (Å²) in [6.07, 6.45) is 6.27. The van der Waals surface area contributed by atoms with Gasteiger partial charge in [0.2, 0.25) is 5.95 Å². The number of halogens is 2. The summed E-state index contributed by atoms with van der Waals surface area (Å²) in [5.41, 5.74) is 4.70. The lowest BCUT2D eigenvalue weighted by Crippen LogP contribution is -2.46. The Morgan fingerprint density at radius 2 is 1.80 bits per heavy atom. The quantitative estimate of drug-likeness (QED) is 0.301. The van der Waals surface area contributed by atoms with Crippen LogP contribution in [0, 0.1) is 18.6 Å². The van der Waals surface area contributed by atoms with Crippen LogP contribution in [0.15, 0.2) is 42.7 Å². The molecular weight excluding hydrogens is 560 g/mol. The van der Waals surface area contributed by atoms with Crippen molar-refractivity contribution >= 4 is 22.8 Å². The third kappa shape index (κ3) is 5.66. The Kier molecular flexibility index (Phi) is 7.75. The smallest absolute Gasteiger partial charge is 0.229 e. The number of likely N-dealkylation sites (N-methyl/N-ethyl adjacent to an activating group) is 1. The van der Waals surface area contributed by atoms with Crippen molar-refractivity contribution < 1.29 is 8.78 Å². The van der Waals surface area contributed by atoms with Crippen LogP contribution >= 0.6 is 0 Å². The van der Waals surface area contributed by atoms with Gasteiger partial charge in [0, 0.05) is 75.2 Å². The highest BCUT2D eigenvalue weighted by molar-refractivity contribution is 5.83. The Labute approximate surface area is 256 Å². The summed E-state index contributed by atoms with van der Waals surface area (Å²) < 4.78 is 32.5. The molecule has 0 amide bonds. The van der Waals surface area contributed by atoms with Gasteiger partial charge < -0.3 is 19.7 Å². The molecule has 0 spiro atoms. The zero-order chi connectivity index (χ0) is 30.4. The topological polar surface area (TPSA) is 78.2 Å². The van der Waals surface area contributed by atoms with Crippen molar-refractivity contribution in [2.24, 2.45) is 0 Å². The van der Waals surface area contributed by atoms with Gasteiger partial charge in [-0.3, -0.25) is 4.90 Å². The minimum atomic E-state index is -0.617. The molecule has 3 aliphatic rings. The van der Waals surface area contributed by atoms with Crippen LogP contribution in [0.3, 0.4) is 0 Å². The zero-order valence-corrected chi connectivity index (χ0v) is 25.5. The van der Waals surface area contributed by atoms with E-state index >= 15 is 8.78 Å². The maximum Gasteiger partial charge on any atom is 0.229 e. The van der Waals surface area contributed by atoms with Crippen LogP contribution in [0.4, 0.5) is 20.5 Å². The highest BCUT2D eigenvalue weighted by Crippen LogP contribution is 2.36. The van der Waals surface area contributed by atoms with E-state index in [2.05, 4.69) is 59.2 Å². The second kappa shape index (κ2) is 11.9. The molecular formula is C33H39F2N9. The van der Waals surface area contributed by atoms with Gasteiger partial charge in [-0.15, -0.1) is 0 Å². The van der Waals surface area contributed by atoms with Gasteiger partial charge in [0.05, 0.1) is 11.7 Å². The lowest BCUT2D eigenvalue weighted by atomic mass is 10.0. The SMILES string of the molecule is C=C(CN1CCN(C)CC1)N1CCc2nc(Nc3ncc(F)c(-c4cc(F)c5nc(C)n(C6CCCC6)c5c4)n3)ccc2C1. The van der Waals surface area contributed by atoms with Crippen LogP contribution in [0.5, 0.6) is 0 Å². The fourth-order valence-electron chi connectivity index (χ4n) is 6.89. The van der Waals surface area contributed by atoms with Crippen LogP contribution in [-0.4, -0.2) is 85.5 Å². The molecule has 1 aliphatic carbocycles. The number of hydrogen-bond acceptors (Lipinski definition) is 8. The number of rotatable bonds is 7. The molecule has 3 aromatic heterocycles. The second-order valence-corrected chi connectivity index (χ2v) is 12.4. The van der Waals surface area contributed by atoms with Crippen molar-refractivity contribution in [3.05, 3.63) is 71.5 Å². The number of piperazine rings is 1. The number of benzene rings is 1. The van der Waals surface area contributed by atoms with E-state index in [0.29, 0.717) is 22.4 Å². The van der Waals surface area contributed by atoms with Crippen LogP contribution in [0.1, 0.15) is 48.8 Å². The molecule has 2 fully saturated rings. The van der Waals surface area contributed by atoms with E-state index in [1.54, 1.807) is 6.07 Å². The number of nitrogens with one attached hydrogen (secondary N) is 1. The van der Waals surface area contributed by atoms with Gasteiger partial charge in [-0.1, -0.05) is 25.5 Å². The maximum absolute atomic E-state index is 15.3. The average molecular weight is 600 g/mol. The van der Waals surface area contributed by atoms with E-state index in [0.717, 1.165) is 101 Å². The average Bonchev–Trinajstić information content (AvgIpc) is 3.66. The number of hydrogen-bond donors (Lipinski definition) is 1. The molecule has 0 bridgehead atoms. The van der Waals surface area contributed by atoms with E-state index in [9.17, 15) is 0 Å². The molecule has 4 aromatic rings. The van der Waals surface area contributed by atoms with Crippen LogP contribution in [0.2, 0.25) is 0 Å². The molecule has 230 valence electrons. The zero-order valence-electron chi connectivity index (χ0n) is 25.5. The van der Waals surface area contributed by atoms with Gasteiger partial charge in [0.1, 0.15) is 22.9 Å². The molecule has 1 aromatic carbocycles. The summed E-state index contributed by atoms with van der Waals surface area (Å²) in [7, 11) is 2.17. The van der Waals surface area contributed by atoms with Crippen LogP contribution in [0.25, 0.3) is 22.3 Å².